The summed E-state index contributed by atoms with van der Waals surface area (Å²) in [5, 5.41) is 19.1. The van der Waals surface area contributed by atoms with E-state index in [0.717, 1.165) is 0 Å². The molecule has 98 valence electrons. The first-order valence-corrected chi connectivity index (χ1v) is 5.74. The van der Waals surface area contributed by atoms with E-state index in [2.05, 4.69) is 15.6 Å². The standard InChI is InChI=1S/C10H15N5O3/c1-2-9(17)11-8-5-15(13-12-8)6-10(18)14-3-7(16)4-14/h5,7,16H,2-4,6H2,1H3,(H,11,17). The molecule has 1 aromatic heterocycles. The number of hydrogen-bond acceptors (Lipinski definition) is 5. The molecular weight excluding hydrogens is 238 g/mol. The minimum Gasteiger partial charge on any atom is -0.389 e. The monoisotopic (exact) mass is 253 g/mol. The first-order valence-electron chi connectivity index (χ1n) is 5.74. The van der Waals surface area contributed by atoms with Gasteiger partial charge in [0.1, 0.15) is 6.54 Å². The molecule has 8 nitrogen and oxygen atoms in total. The molecule has 0 unspecified atom stereocenters. The zero-order valence-electron chi connectivity index (χ0n) is 10.0. The van der Waals surface area contributed by atoms with Gasteiger partial charge in [-0.1, -0.05) is 12.1 Å². The zero-order chi connectivity index (χ0) is 13.1. The quantitative estimate of drug-likeness (QED) is 0.704. The van der Waals surface area contributed by atoms with E-state index in [4.69, 9.17) is 5.11 Å². The van der Waals surface area contributed by atoms with Crippen LogP contribution in [0.3, 0.4) is 0 Å². The zero-order valence-corrected chi connectivity index (χ0v) is 10.0. The van der Waals surface area contributed by atoms with Crippen LogP contribution in [-0.4, -0.2) is 56.0 Å². The van der Waals surface area contributed by atoms with Crippen molar-refractivity contribution in [3.63, 3.8) is 0 Å². The fraction of sp³-hybridized carbons (Fsp3) is 0.600. The van der Waals surface area contributed by atoms with Crippen molar-refractivity contribution in [1.82, 2.24) is 19.9 Å². The summed E-state index contributed by atoms with van der Waals surface area (Å²) in [4.78, 5) is 24.3. The predicted molar refractivity (Wildman–Crippen MR) is 61.5 cm³/mol. The van der Waals surface area contributed by atoms with Crippen LogP contribution in [0.2, 0.25) is 0 Å². The molecule has 0 aromatic carbocycles. The molecule has 0 spiro atoms. The number of rotatable bonds is 4. The van der Waals surface area contributed by atoms with E-state index in [-0.39, 0.29) is 18.4 Å². The number of aromatic nitrogens is 3. The van der Waals surface area contributed by atoms with Crippen LogP contribution in [0.1, 0.15) is 13.3 Å². The summed E-state index contributed by atoms with van der Waals surface area (Å²) in [5.41, 5.74) is 0. The van der Waals surface area contributed by atoms with Gasteiger partial charge in [0.15, 0.2) is 5.82 Å². The van der Waals surface area contributed by atoms with Crippen molar-refractivity contribution in [3.05, 3.63) is 6.20 Å². The van der Waals surface area contributed by atoms with Crippen molar-refractivity contribution < 1.29 is 14.7 Å². The molecule has 1 saturated heterocycles. The summed E-state index contributed by atoms with van der Waals surface area (Å²) in [6.07, 6.45) is 1.45. The molecule has 1 aliphatic rings. The average Bonchev–Trinajstić information content (AvgIpc) is 2.72. The number of nitrogens with one attached hydrogen (secondary N) is 1. The van der Waals surface area contributed by atoms with Crippen LogP contribution in [0.15, 0.2) is 6.20 Å². The molecular formula is C10H15N5O3. The lowest BCUT2D eigenvalue weighted by Gasteiger charge is -2.35. The maximum atomic E-state index is 11.7. The van der Waals surface area contributed by atoms with Gasteiger partial charge < -0.3 is 15.3 Å². The molecule has 1 aliphatic heterocycles. The van der Waals surface area contributed by atoms with Crippen molar-refractivity contribution in [2.45, 2.75) is 26.0 Å². The molecule has 0 saturated carbocycles. The highest BCUT2D eigenvalue weighted by Gasteiger charge is 2.28. The van der Waals surface area contributed by atoms with Gasteiger partial charge in [-0.05, 0) is 0 Å². The van der Waals surface area contributed by atoms with Gasteiger partial charge in [-0.3, -0.25) is 9.59 Å². The Kier molecular flexibility index (Phi) is 3.56. The second kappa shape index (κ2) is 5.13. The normalized spacial score (nSPS) is 15.3. The number of aliphatic hydroxyl groups is 1. The topological polar surface area (TPSA) is 100 Å². The molecule has 0 bridgehead atoms. The lowest BCUT2D eigenvalue weighted by molar-refractivity contribution is -0.142. The van der Waals surface area contributed by atoms with Crippen LogP contribution in [0.5, 0.6) is 0 Å². The number of amides is 2. The molecule has 8 heteroatoms. The Morgan fingerprint density at radius 2 is 2.28 bits per heavy atom. The average molecular weight is 253 g/mol. The van der Waals surface area contributed by atoms with Gasteiger partial charge in [0.2, 0.25) is 11.8 Å². The first kappa shape index (κ1) is 12.5. The van der Waals surface area contributed by atoms with Crippen LogP contribution in [0, 0.1) is 0 Å². The second-order valence-corrected chi connectivity index (χ2v) is 4.16. The van der Waals surface area contributed by atoms with E-state index in [9.17, 15) is 9.59 Å². The molecule has 2 rings (SSSR count). The fourth-order valence-corrected chi connectivity index (χ4v) is 1.56. The van der Waals surface area contributed by atoms with Gasteiger partial charge in [0.25, 0.3) is 0 Å². The van der Waals surface area contributed by atoms with Crippen LogP contribution >= 0.6 is 0 Å². The van der Waals surface area contributed by atoms with Crippen molar-refractivity contribution in [3.8, 4) is 0 Å². The summed E-state index contributed by atoms with van der Waals surface area (Å²) in [6, 6.07) is 0. The van der Waals surface area contributed by atoms with Gasteiger partial charge in [-0.2, -0.15) is 0 Å². The van der Waals surface area contributed by atoms with Crippen molar-refractivity contribution in [2.24, 2.45) is 0 Å². The number of nitrogens with zero attached hydrogens (tertiary/aromatic N) is 4. The molecule has 2 N–H and O–H groups in total. The summed E-state index contributed by atoms with van der Waals surface area (Å²) >= 11 is 0. The Hall–Kier alpha value is -1.96. The number of β-amino-alcohol motifs (C(OH)–C–C–N with tert-alkyl or cyclic N) is 1. The third kappa shape index (κ3) is 2.83. The number of carbonyl (C=O) groups is 2. The molecule has 2 heterocycles. The Balaban J connectivity index is 1.86. The van der Waals surface area contributed by atoms with Gasteiger partial charge in [0, 0.05) is 19.5 Å². The fourth-order valence-electron chi connectivity index (χ4n) is 1.56. The Labute approximate surface area is 104 Å². The molecule has 1 aromatic rings. The van der Waals surface area contributed by atoms with E-state index in [1.165, 1.54) is 15.8 Å². The number of carbonyl (C=O) groups excluding carboxylic acids is 2. The SMILES string of the molecule is CCC(=O)Nc1cn(CC(=O)N2CC(O)C2)nn1. The van der Waals surface area contributed by atoms with Crippen LogP contribution in [-0.2, 0) is 16.1 Å². The highest BCUT2D eigenvalue weighted by atomic mass is 16.3. The van der Waals surface area contributed by atoms with E-state index < -0.39 is 6.10 Å². The lowest BCUT2D eigenvalue weighted by Crippen LogP contribution is -2.54. The maximum absolute atomic E-state index is 11.7. The summed E-state index contributed by atoms with van der Waals surface area (Å²) in [7, 11) is 0. The van der Waals surface area contributed by atoms with Gasteiger partial charge in [0.05, 0.1) is 12.3 Å². The van der Waals surface area contributed by atoms with Crippen LogP contribution < -0.4 is 5.32 Å². The van der Waals surface area contributed by atoms with Crippen molar-refractivity contribution in [2.75, 3.05) is 18.4 Å². The Bertz CT molecular complexity index is 452. The minimum absolute atomic E-state index is 0.0573. The Morgan fingerprint density at radius 1 is 1.56 bits per heavy atom. The molecule has 0 atom stereocenters. The van der Waals surface area contributed by atoms with Gasteiger partial charge in [-0.25, -0.2) is 4.68 Å². The number of likely N-dealkylation sites (tertiary alicyclic amines) is 1. The van der Waals surface area contributed by atoms with Gasteiger partial charge >= 0.3 is 0 Å². The van der Waals surface area contributed by atoms with Crippen LogP contribution in [0.25, 0.3) is 0 Å². The highest BCUT2D eigenvalue weighted by molar-refractivity contribution is 5.89. The first-order chi connectivity index (χ1) is 8.58. The lowest BCUT2D eigenvalue weighted by atomic mass is 10.2. The summed E-state index contributed by atoms with van der Waals surface area (Å²) in [6.45, 7) is 2.53. The maximum Gasteiger partial charge on any atom is 0.244 e. The smallest absolute Gasteiger partial charge is 0.244 e. The molecule has 0 aliphatic carbocycles. The third-order valence-electron chi connectivity index (χ3n) is 2.64. The van der Waals surface area contributed by atoms with E-state index in [0.29, 0.717) is 25.3 Å². The molecule has 1 fully saturated rings. The molecule has 2 amide bonds. The highest BCUT2D eigenvalue weighted by Crippen LogP contribution is 2.08. The van der Waals surface area contributed by atoms with Crippen molar-refractivity contribution >= 4 is 17.6 Å². The number of hydrogen-bond donors (Lipinski definition) is 2. The van der Waals surface area contributed by atoms with E-state index >= 15 is 0 Å². The summed E-state index contributed by atoms with van der Waals surface area (Å²) < 4.78 is 1.36. The second-order valence-electron chi connectivity index (χ2n) is 4.16. The Morgan fingerprint density at radius 3 is 2.89 bits per heavy atom. The predicted octanol–water partition coefficient (Wildman–Crippen LogP) is -1.17. The molecule has 0 radical (unpaired) electrons. The van der Waals surface area contributed by atoms with Crippen LogP contribution in [0.4, 0.5) is 5.82 Å². The molecule has 18 heavy (non-hydrogen) atoms. The van der Waals surface area contributed by atoms with Crippen molar-refractivity contribution in [1.29, 1.82) is 0 Å². The third-order valence-corrected chi connectivity index (χ3v) is 2.64. The number of anilines is 1. The van der Waals surface area contributed by atoms with E-state index in [1.807, 2.05) is 0 Å². The van der Waals surface area contributed by atoms with Gasteiger partial charge in [-0.15, -0.1) is 5.10 Å². The summed E-state index contributed by atoms with van der Waals surface area (Å²) in [5.74, 6) is 0.0519. The number of aliphatic hydroxyl groups excluding tert-OH is 1. The largest absolute Gasteiger partial charge is 0.389 e. The van der Waals surface area contributed by atoms with E-state index in [1.54, 1.807) is 6.92 Å². The minimum atomic E-state index is -0.413.